The first kappa shape index (κ1) is 56.0. The summed E-state index contributed by atoms with van der Waals surface area (Å²) in [5, 5.41) is 28.8. The fourth-order valence-corrected chi connectivity index (χ4v) is 7.88. The molecular weight excluding hydrogens is 887 g/mol. The van der Waals surface area contributed by atoms with E-state index in [0.717, 1.165) is 0 Å². The molecule has 2 fully saturated rings. The first-order valence-electron chi connectivity index (χ1n) is 23.4. The van der Waals surface area contributed by atoms with E-state index in [-0.39, 0.29) is 58.0 Å². The van der Waals surface area contributed by atoms with Gasteiger partial charge in [-0.3, -0.25) is 47.9 Å². The Labute approximate surface area is 396 Å². The Morgan fingerprint density at radius 3 is 2.09 bits per heavy atom. The first-order valence-corrected chi connectivity index (χ1v) is 23.4. The van der Waals surface area contributed by atoms with Crippen LogP contribution in [0.4, 0.5) is 0 Å². The molecule has 0 aromatic heterocycles. The zero-order chi connectivity index (χ0) is 50.5. The van der Waals surface area contributed by atoms with E-state index in [1.165, 1.54) is 11.8 Å². The van der Waals surface area contributed by atoms with Crippen LogP contribution in [0.3, 0.4) is 0 Å². The molecule has 0 radical (unpaired) electrons. The van der Waals surface area contributed by atoms with Gasteiger partial charge in [0.15, 0.2) is 0 Å². The zero-order valence-corrected chi connectivity index (χ0v) is 39.4. The standard InChI is InChI=1S/C45H71N11O12/c1-5-25(3)37-43(65)55-38(26(4)57)44(66)53-32(23-34(47)58)40(62)52-30(45(67)56-21-11-14-33(56)42(64)51-29(13-10-20-46)39(61)49-24-35(48)59)12-8-7-9-15-36(60)50-31(41(63)54-37)22-27-16-18-28(19-17-27)68-6-2/h16-19,25-26,29-33,37-38,57H,5-15,20-24,46H2,1-4H3,(H2,47,58)(H2,48,59)(H,49,61)(H,50,60)(H,51,64)(H,52,62)(H,53,66)(H,54,63)(H,55,65)/t25-,26+,29-,30?,31?,32-,33-,37?,38-/m0/s1. The van der Waals surface area contributed by atoms with E-state index in [0.29, 0.717) is 43.6 Å². The number of carbonyl (C=O) groups excluding carboxylic acids is 10. The predicted molar refractivity (Wildman–Crippen MR) is 246 cm³/mol. The minimum atomic E-state index is -1.73. The summed E-state index contributed by atoms with van der Waals surface area (Å²) < 4.78 is 5.54. The van der Waals surface area contributed by atoms with Gasteiger partial charge in [0.1, 0.15) is 48.0 Å². The van der Waals surface area contributed by atoms with Gasteiger partial charge >= 0.3 is 0 Å². The van der Waals surface area contributed by atoms with Crippen LogP contribution in [0.1, 0.15) is 104 Å². The second-order valence-corrected chi connectivity index (χ2v) is 17.3. The minimum Gasteiger partial charge on any atom is -0.494 e. The molecule has 3 rings (SSSR count). The summed E-state index contributed by atoms with van der Waals surface area (Å²) in [5.74, 6) is -7.92. The quantitative estimate of drug-likeness (QED) is 0.0706. The average molecular weight is 958 g/mol. The molecule has 14 N–H and O–H groups in total. The smallest absolute Gasteiger partial charge is 0.245 e. The van der Waals surface area contributed by atoms with Gasteiger partial charge in [-0.15, -0.1) is 0 Å². The Morgan fingerprint density at radius 2 is 1.47 bits per heavy atom. The number of nitrogens with two attached hydrogens (primary N) is 3. The number of hydrogen-bond acceptors (Lipinski definition) is 13. The third-order valence-electron chi connectivity index (χ3n) is 11.8. The van der Waals surface area contributed by atoms with E-state index >= 15 is 0 Å². The highest BCUT2D eigenvalue weighted by Gasteiger charge is 2.41. The number of hydrogen-bond donors (Lipinski definition) is 11. The van der Waals surface area contributed by atoms with Crippen LogP contribution in [0.2, 0.25) is 0 Å². The zero-order valence-electron chi connectivity index (χ0n) is 39.4. The van der Waals surface area contributed by atoms with E-state index in [1.54, 1.807) is 38.1 Å². The van der Waals surface area contributed by atoms with Crippen molar-refractivity contribution in [1.29, 1.82) is 0 Å². The number of amides is 10. The highest BCUT2D eigenvalue weighted by Crippen LogP contribution is 2.22. The number of nitrogens with one attached hydrogen (secondary N) is 7. The minimum absolute atomic E-state index is 0.0327. The Kier molecular flexibility index (Phi) is 23.1. The second-order valence-electron chi connectivity index (χ2n) is 17.3. The van der Waals surface area contributed by atoms with Crippen LogP contribution < -0.4 is 59.2 Å². The highest BCUT2D eigenvalue weighted by molar-refractivity contribution is 5.99. The normalized spacial score (nSPS) is 23.8. The number of benzene rings is 1. The fraction of sp³-hybridized carbons (Fsp3) is 0.644. The van der Waals surface area contributed by atoms with Gasteiger partial charge < -0.3 is 69.2 Å². The number of ether oxygens (including phenoxy) is 1. The molecule has 3 unspecified atom stereocenters. The SMILES string of the molecule is CCOc1ccc(CC2NC(=O)CCCCCC(C(=O)N3CCC[C@H]3C(=O)N[C@@H](CCCN)C(=O)NCC(N)=O)NC(=O)[C@H](CC(N)=O)NC(=O)[C@H]([C@@H](C)O)NC(=O)C([C@@H](C)CC)NC2=O)cc1. The fourth-order valence-electron chi connectivity index (χ4n) is 7.88. The molecule has 23 heteroatoms. The first-order chi connectivity index (χ1) is 32.3. The summed E-state index contributed by atoms with van der Waals surface area (Å²) >= 11 is 0. The molecule has 2 saturated heterocycles. The van der Waals surface area contributed by atoms with Crippen LogP contribution >= 0.6 is 0 Å². The number of aliphatic hydroxyl groups excluding tert-OH is 1. The number of rotatable bonds is 18. The summed E-state index contributed by atoms with van der Waals surface area (Å²) in [6.45, 7) is 6.77. The van der Waals surface area contributed by atoms with Crippen molar-refractivity contribution in [3.05, 3.63) is 29.8 Å². The number of primary amides is 2. The summed E-state index contributed by atoms with van der Waals surface area (Å²) in [4.78, 5) is 135. The lowest BCUT2D eigenvalue weighted by molar-refractivity contribution is -0.143. The lowest BCUT2D eigenvalue weighted by atomic mass is 9.96. The molecule has 2 aliphatic rings. The Morgan fingerprint density at radius 1 is 0.809 bits per heavy atom. The lowest BCUT2D eigenvalue weighted by Crippen LogP contribution is -2.62. The molecule has 0 saturated carbocycles. The summed E-state index contributed by atoms with van der Waals surface area (Å²) in [6.07, 6.45) is -0.0672. The van der Waals surface area contributed by atoms with E-state index < -0.39 is 126 Å². The van der Waals surface area contributed by atoms with E-state index in [4.69, 9.17) is 21.9 Å². The topological polar surface area (TPSA) is 366 Å². The summed E-state index contributed by atoms with van der Waals surface area (Å²) in [5.41, 5.74) is 17.0. The molecule has 2 heterocycles. The van der Waals surface area contributed by atoms with Crippen LogP contribution in [0, 0.1) is 5.92 Å². The largest absolute Gasteiger partial charge is 0.494 e. The number of likely N-dealkylation sites (tertiary alicyclic amines) is 1. The van der Waals surface area contributed by atoms with Crippen molar-refractivity contribution >= 4 is 59.1 Å². The van der Waals surface area contributed by atoms with Crippen molar-refractivity contribution in [1.82, 2.24) is 42.1 Å². The van der Waals surface area contributed by atoms with Crippen molar-refractivity contribution in [2.24, 2.45) is 23.1 Å². The molecule has 1 aromatic rings. The van der Waals surface area contributed by atoms with E-state index in [2.05, 4.69) is 37.2 Å². The van der Waals surface area contributed by atoms with Crippen molar-refractivity contribution in [2.45, 2.75) is 153 Å². The third-order valence-corrected chi connectivity index (χ3v) is 11.8. The van der Waals surface area contributed by atoms with Crippen LogP contribution in [0.25, 0.3) is 0 Å². The lowest BCUT2D eigenvalue weighted by Gasteiger charge is -2.31. The van der Waals surface area contributed by atoms with Crippen molar-refractivity contribution in [2.75, 3.05) is 26.2 Å². The number of carbonyl (C=O) groups is 10. The Balaban J connectivity index is 1.99. The summed E-state index contributed by atoms with van der Waals surface area (Å²) in [7, 11) is 0. The maximum Gasteiger partial charge on any atom is 0.245 e. The van der Waals surface area contributed by atoms with Gasteiger partial charge in [-0.05, 0) is 82.5 Å². The molecule has 23 nitrogen and oxygen atoms in total. The van der Waals surface area contributed by atoms with E-state index in [9.17, 15) is 53.1 Å². The van der Waals surface area contributed by atoms with Gasteiger partial charge in [-0.2, -0.15) is 0 Å². The monoisotopic (exact) mass is 958 g/mol. The molecule has 9 atom stereocenters. The van der Waals surface area contributed by atoms with E-state index in [1.807, 2.05) is 6.92 Å². The Bertz CT molecular complexity index is 1930. The summed E-state index contributed by atoms with van der Waals surface area (Å²) in [6, 6.07) is -2.46. The van der Waals surface area contributed by atoms with Crippen LogP contribution in [0.5, 0.6) is 5.75 Å². The molecule has 0 bridgehead atoms. The number of aliphatic hydroxyl groups is 1. The highest BCUT2D eigenvalue weighted by atomic mass is 16.5. The van der Waals surface area contributed by atoms with Gasteiger partial charge in [0.25, 0.3) is 0 Å². The molecule has 0 aliphatic carbocycles. The van der Waals surface area contributed by atoms with Crippen molar-refractivity contribution in [3.63, 3.8) is 0 Å². The average Bonchev–Trinajstić information content (AvgIpc) is 3.79. The van der Waals surface area contributed by atoms with Crippen LogP contribution in [-0.4, -0.2) is 144 Å². The predicted octanol–water partition coefficient (Wildman–Crippen LogP) is -2.87. The van der Waals surface area contributed by atoms with Gasteiger partial charge in [0, 0.05) is 19.4 Å². The molecule has 1 aromatic carbocycles. The van der Waals surface area contributed by atoms with Crippen LogP contribution in [-0.2, 0) is 54.4 Å². The second kappa shape index (κ2) is 28.1. The molecule has 10 amide bonds. The van der Waals surface area contributed by atoms with Gasteiger partial charge in [-0.25, -0.2) is 0 Å². The van der Waals surface area contributed by atoms with Crippen LogP contribution in [0.15, 0.2) is 24.3 Å². The molecule has 2 aliphatic heterocycles. The van der Waals surface area contributed by atoms with Gasteiger partial charge in [0.2, 0.25) is 59.1 Å². The van der Waals surface area contributed by atoms with Gasteiger partial charge in [0.05, 0.1) is 25.7 Å². The van der Waals surface area contributed by atoms with Crippen molar-refractivity contribution < 1.29 is 57.8 Å². The number of nitrogens with zero attached hydrogens (tertiary/aromatic N) is 1. The maximum absolute atomic E-state index is 14.4. The van der Waals surface area contributed by atoms with Gasteiger partial charge in [-0.1, -0.05) is 45.2 Å². The third kappa shape index (κ3) is 17.7. The Hall–Kier alpha value is -6.36. The molecule has 378 valence electrons. The molecular formula is C45H71N11O12. The molecule has 68 heavy (non-hydrogen) atoms. The molecule has 0 spiro atoms. The maximum atomic E-state index is 14.4. The van der Waals surface area contributed by atoms with Crippen molar-refractivity contribution in [3.8, 4) is 5.75 Å².